The van der Waals surface area contributed by atoms with E-state index in [1.54, 1.807) is 26.0 Å². The maximum atomic E-state index is 12.9. The molecule has 0 spiro atoms. The minimum atomic E-state index is -1.00. The average molecular weight is 389 g/mol. The van der Waals surface area contributed by atoms with Crippen molar-refractivity contribution < 1.29 is 19.2 Å². The van der Waals surface area contributed by atoms with Gasteiger partial charge in [-0.1, -0.05) is 16.9 Å². The molecule has 142 valence electrons. The number of aliphatic carboxylic acids is 1. The second-order valence-electron chi connectivity index (χ2n) is 6.13. The molecule has 1 amide bonds. The molecular formula is C17H19N5O4S. The molecule has 10 heteroatoms. The first-order chi connectivity index (χ1) is 12.8. The molecule has 3 rings (SSSR count). The van der Waals surface area contributed by atoms with E-state index < -0.39 is 5.97 Å². The van der Waals surface area contributed by atoms with E-state index in [1.807, 2.05) is 25.1 Å². The summed E-state index contributed by atoms with van der Waals surface area (Å²) in [6.07, 6.45) is 0. The van der Waals surface area contributed by atoms with Crippen LogP contribution in [0.1, 0.15) is 23.2 Å². The van der Waals surface area contributed by atoms with Crippen molar-refractivity contribution in [3.8, 4) is 11.4 Å². The lowest BCUT2D eigenvalue weighted by molar-refractivity contribution is -0.131. The van der Waals surface area contributed by atoms with Gasteiger partial charge >= 0.3 is 5.97 Å². The Balaban J connectivity index is 1.92. The minimum Gasteiger partial charge on any atom is -0.477 e. The maximum absolute atomic E-state index is 12.9. The number of carboxylic acid groups (broad SMARTS) is 1. The topological polar surface area (TPSA) is 112 Å². The fraction of sp³-hybridized carbons (Fsp3) is 0.294. The van der Waals surface area contributed by atoms with Crippen LogP contribution in [0.2, 0.25) is 0 Å². The number of anilines is 1. The van der Waals surface area contributed by atoms with Gasteiger partial charge in [-0.3, -0.25) is 15.2 Å². The SMILES string of the molecule is CC1=C(C(=O)O)SCN1NC(=O)c1cc(-c2noc(C)n2)ccc1N(C)C. The first-order valence-corrected chi connectivity index (χ1v) is 9.04. The number of hydrogen-bond acceptors (Lipinski definition) is 8. The Morgan fingerprint density at radius 2 is 2.07 bits per heavy atom. The van der Waals surface area contributed by atoms with Crippen molar-refractivity contribution in [3.63, 3.8) is 0 Å². The third-order valence-electron chi connectivity index (χ3n) is 4.01. The van der Waals surface area contributed by atoms with E-state index in [-0.39, 0.29) is 10.8 Å². The van der Waals surface area contributed by atoms with Crippen molar-refractivity contribution >= 4 is 29.3 Å². The van der Waals surface area contributed by atoms with Crippen molar-refractivity contribution in [1.29, 1.82) is 0 Å². The number of aromatic nitrogens is 2. The van der Waals surface area contributed by atoms with Crippen LogP contribution in [0.5, 0.6) is 0 Å². The number of carbonyl (C=O) groups excluding carboxylic acids is 1. The molecule has 1 aromatic heterocycles. The number of benzene rings is 1. The monoisotopic (exact) mass is 389 g/mol. The third-order valence-corrected chi connectivity index (χ3v) is 5.16. The van der Waals surface area contributed by atoms with Crippen molar-refractivity contribution in [2.75, 3.05) is 24.9 Å². The Morgan fingerprint density at radius 3 is 2.63 bits per heavy atom. The normalized spacial score (nSPS) is 13.9. The lowest BCUT2D eigenvalue weighted by Crippen LogP contribution is -2.39. The van der Waals surface area contributed by atoms with Crippen molar-refractivity contribution in [3.05, 3.63) is 40.3 Å². The highest BCUT2D eigenvalue weighted by atomic mass is 32.2. The molecule has 2 N–H and O–H groups in total. The van der Waals surface area contributed by atoms with E-state index >= 15 is 0 Å². The largest absolute Gasteiger partial charge is 0.477 e. The van der Waals surface area contributed by atoms with Gasteiger partial charge in [0.1, 0.15) is 4.91 Å². The number of carbonyl (C=O) groups is 2. The van der Waals surface area contributed by atoms with Crippen LogP contribution in [0.4, 0.5) is 5.69 Å². The molecule has 0 saturated heterocycles. The van der Waals surface area contributed by atoms with Crippen LogP contribution in [-0.4, -0.2) is 52.1 Å². The van der Waals surface area contributed by atoms with Crippen LogP contribution in [-0.2, 0) is 4.79 Å². The van der Waals surface area contributed by atoms with Crippen molar-refractivity contribution in [2.45, 2.75) is 13.8 Å². The molecule has 0 fully saturated rings. The number of rotatable bonds is 5. The fourth-order valence-corrected chi connectivity index (χ4v) is 3.59. The molecule has 0 unspecified atom stereocenters. The summed E-state index contributed by atoms with van der Waals surface area (Å²) in [6, 6.07) is 5.31. The smallest absolute Gasteiger partial charge is 0.344 e. The molecular weight excluding hydrogens is 370 g/mol. The third kappa shape index (κ3) is 3.75. The molecule has 27 heavy (non-hydrogen) atoms. The van der Waals surface area contributed by atoms with Gasteiger partial charge in [0.05, 0.1) is 17.1 Å². The van der Waals surface area contributed by atoms with E-state index in [2.05, 4.69) is 15.6 Å². The highest BCUT2D eigenvalue weighted by molar-refractivity contribution is 8.04. The summed E-state index contributed by atoms with van der Waals surface area (Å²) in [4.78, 5) is 30.4. The Hall–Kier alpha value is -3.01. The quantitative estimate of drug-likeness (QED) is 0.793. The number of nitrogens with zero attached hydrogens (tertiary/aromatic N) is 4. The van der Waals surface area contributed by atoms with E-state index in [0.29, 0.717) is 40.1 Å². The summed E-state index contributed by atoms with van der Waals surface area (Å²) >= 11 is 1.17. The number of hydrogen-bond donors (Lipinski definition) is 2. The van der Waals surface area contributed by atoms with Gasteiger partial charge in [-0.15, -0.1) is 0 Å². The summed E-state index contributed by atoms with van der Waals surface area (Å²) in [5.41, 5.74) is 5.05. The number of nitrogens with one attached hydrogen (secondary N) is 1. The van der Waals surface area contributed by atoms with Gasteiger partial charge in [0.2, 0.25) is 11.7 Å². The number of thioether (sulfide) groups is 1. The lowest BCUT2D eigenvalue weighted by Gasteiger charge is -2.23. The first-order valence-electron chi connectivity index (χ1n) is 8.05. The zero-order valence-corrected chi connectivity index (χ0v) is 16.1. The van der Waals surface area contributed by atoms with Crippen LogP contribution in [0.25, 0.3) is 11.4 Å². The second kappa shape index (κ2) is 7.31. The van der Waals surface area contributed by atoms with Crippen LogP contribution in [0.3, 0.4) is 0 Å². The van der Waals surface area contributed by atoms with Crippen LogP contribution < -0.4 is 10.3 Å². The molecule has 1 aliphatic rings. The highest BCUT2D eigenvalue weighted by Crippen LogP contribution is 2.31. The van der Waals surface area contributed by atoms with Crippen LogP contribution >= 0.6 is 11.8 Å². The Kier molecular flexibility index (Phi) is 5.08. The van der Waals surface area contributed by atoms with Gasteiger partial charge in [-0.05, 0) is 25.1 Å². The predicted octanol–water partition coefficient (Wildman–Crippen LogP) is 2.08. The van der Waals surface area contributed by atoms with E-state index in [9.17, 15) is 14.7 Å². The molecule has 0 aliphatic carbocycles. The van der Waals surface area contributed by atoms with Gasteiger partial charge in [-0.25, -0.2) is 4.79 Å². The van der Waals surface area contributed by atoms with Crippen LogP contribution in [0.15, 0.2) is 33.3 Å². The van der Waals surface area contributed by atoms with Gasteiger partial charge in [0, 0.05) is 32.3 Å². The molecule has 1 aliphatic heterocycles. The van der Waals surface area contributed by atoms with Gasteiger partial charge in [0.15, 0.2) is 0 Å². The van der Waals surface area contributed by atoms with Gasteiger partial charge in [0.25, 0.3) is 5.91 Å². The minimum absolute atomic E-state index is 0.221. The van der Waals surface area contributed by atoms with Crippen LogP contribution in [0, 0.1) is 6.92 Å². The second-order valence-corrected chi connectivity index (χ2v) is 7.08. The molecule has 0 saturated carbocycles. The summed E-state index contributed by atoms with van der Waals surface area (Å²) in [7, 11) is 3.67. The number of hydrazine groups is 1. The van der Waals surface area contributed by atoms with E-state index in [0.717, 1.165) is 0 Å². The van der Waals surface area contributed by atoms with Crippen molar-refractivity contribution in [2.24, 2.45) is 0 Å². The molecule has 2 heterocycles. The number of amides is 1. The zero-order valence-electron chi connectivity index (χ0n) is 15.3. The molecule has 1 aromatic carbocycles. The summed E-state index contributed by atoms with van der Waals surface area (Å²) in [5.74, 6) is -0.193. The van der Waals surface area contributed by atoms with E-state index in [4.69, 9.17) is 4.52 Å². The Labute approximate surface area is 160 Å². The van der Waals surface area contributed by atoms with Crippen molar-refractivity contribution in [1.82, 2.24) is 20.6 Å². The first kappa shape index (κ1) is 18.8. The number of carboxylic acids is 1. The zero-order chi connectivity index (χ0) is 19.7. The average Bonchev–Trinajstić information content (AvgIpc) is 3.20. The molecule has 0 radical (unpaired) electrons. The van der Waals surface area contributed by atoms with Gasteiger partial charge in [-0.2, -0.15) is 4.98 Å². The molecule has 0 bridgehead atoms. The summed E-state index contributed by atoms with van der Waals surface area (Å²) in [6.45, 7) is 3.35. The Morgan fingerprint density at radius 1 is 1.33 bits per heavy atom. The summed E-state index contributed by atoms with van der Waals surface area (Å²) in [5, 5.41) is 14.6. The Bertz CT molecular complexity index is 937. The fourth-order valence-electron chi connectivity index (χ4n) is 2.63. The summed E-state index contributed by atoms with van der Waals surface area (Å²) < 4.78 is 5.01. The molecule has 2 aromatic rings. The van der Waals surface area contributed by atoms with Gasteiger partial charge < -0.3 is 14.5 Å². The predicted molar refractivity (Wildman–Crippen MR) is 101 cm³/mol. The number of aryl methyl sites for hydroxylation is 1. The standard InChI is InChI=1S/C17H19N5O4S/c1-9-14(17(24)25)27-8-22(9)19-16(23)12-7-11(5-6-13(12)21(3)4)15-18-10(2)26-20-15/h5-7H,8H2,1-4H3,(H,19,23)(H,24,25). The molecule has 0 atom stereocenters. The highest BCUT2D eigenvalue weighted by Gasteiger charge is 2.27. The number of allylic oxidation sites excluding steroid dienone is 1. The lowest BCUT2D eigenvalue weighted by atomic mass is 10.1. The maximum Gasteiger partial charge on any atom is 0.344 e. The molecule has 9 nitrogen and oxygen atoms in total. The van der Waals surface area contributed by atoms with E-state index in [1.165, 1.54) is 16.8 Å².